The molecule has 2 atom stereocenters. The number of carbonyl (C=O) groups is 2. The Bertz CT molecular complexity index is 937. The minimum atomic E-state index is -3.10. The third kappa shape index (κ3) is 4.16. The fourth-order valence-corrected chi connectivity index (χ4v) is 5.21. The molecule has 1 N–H and O–H groups in total. The number of sulfone groups is 1. The Morgan fingerprint density at radius 1 is 1.36 bits per heavy atom. The van der Waals surface area contributed by atoms with E-state index in [2.05, 4.69) is 5.32 Å². The molecule has 0 aliphatic carbocycles. The fourth-order valence-electron chi connectivity index (χ4n) is 2.61. The van der Waals surface area contributed by atoms with Gasteiger partial charge in [0.1, 0.15) is 10.7 Å². The predicted octanol–water partition coefficient (Wildman–Crippen LogP) is 1.89. The number of benzene rings is 1. The summed E-state index contributed by atoms with van der Waals surface area (Å²) in [5, 5.41) is 3.17. The van der Waals surface area contributed by atoms with Gasteiger partial charge >= 0.3 is 5.97 Å². The van der Waals surface area contributed by atoms with Crippen LogP contribution in [-0.2, 0) is 19.4 Å². The van der Waals surface area contributed by atoms with Crippen molar-refractivity contribution in [3.63, 3.8) is 0 Å². The van der Waals surface area contributed by atoms with Crippen LogP contribution in [0, 0.1) is 5.82 Å². The van der Waals surface area contributed by atoms with E-state index >= 15 is 0 Å². The highest BCUT2D eigenvalue weighted by molar-refractivity contribution is 7.91. The molecule has 1 aromatic carbocycles. The predicted molar refractivity (Wildman–Crippen MR) is 91.9 cm³/mol. The zero-order valence-electron chi connectivity index (χ0n) is 13.3. The molecule has 0 bridgehead atoms. The number of halogens is 1. The molecule has 0 spiro atoms. The van der Waals surface area contributed by atoms with Crippen LogP contribution in [-0.4, -0.2) is 43.9 Å². The Morgan fingerprint density at radius 3 is 2.80 bits per heavy atom. The first-order chi connectivity index (χ1) is 11.7. The van der Waals surface area contributed by atoms with Gasteiger partial charge in [-0.1, -0.05) is 0 Å². The number of esters is 1. The molecule has 1 aliphatic rings. The molecule has 2 aromatic rings. The fraction of sp³-hybridized carbons (Fsp3) is 0.375. The summed E-state index contributed by atoms with van der Waals surface area (Å²) >= 11 is 1.15. The van der Waals surface area contributed by atoms with Crippen LogP contribution in [0.4, 0.5) is 4.39 Å². The van der Waals surface area contributed by atoms with E-state index in [0.717, 1.165) is 16.0 Å². The number of rotatable bonds is 4. The molecule has 0 unspecified atom stereocenters. The van der Waals surface area contributed by atoms with Crippen LogP contribution in [0.5, 0.6) is 0 Å². The monoisotopic (exact) mass is 385 g/mol. The first-order valence-corrected chi connectivity index (χ1v) is 10.3. The molecule has 1 aromatic heterocycles. The van der Waals surface area contributed by atoms with Crippen LogP contribution in [0.1, 0.15) is 23.0 Å². The van der Waals surface area contributed by atoms with Crippen LogP contribution in [0.2, 0.25) is 0 Å². The zero-order valence-corrected chi connectivity index (χ0v) is 15.0. The summed E-state index contributed by atoms with van der Waals surface area (Å²) < 4.78 is 41.9. The van der Waals surface area contributed by atoms with E-state index in [0.29, 0.717) is 11.8 Å². The van der Waals surface area contributed by atoms with Crippen molar-refractivity contribution >= 4 is 43.1 Å². The average Bonchev–Trinajstić information content (AvgIpc) is 3.09. The molecule has 9 heteroatoms. The van der Waals surface area contributed by atoms with Crippen molar-refractivity contribution in [1.82, 2.24) is 5.32 Å². The summed E-state index contributed by atoms with van der Waals surface area (Å²) in [4.78, 5) is 24.5. The second kappa shape index (κ2) is 6.72. The van der Waals surface area contributed by atoms with Crippen LogP contribution in [0.15, 0.2) is 24.3 Å². The molecule has 0 radical (unpaired) electrons. The van der Waals surface area contributed by atoms with Crippen LogP contribution < -0.4 is 5.32 Å². The van der Waals surface area contributed by atoms with E-state index in [1.165, 1.54) is 25.1 Å². The summed E-state index contributed by atoms with van der Waals surface area (Å²) in [7, 11) is -3.10. The van der Waals surface area contributed by atoms with Gasteiger partial charge < -0.3 is 10.1 Å². The Hall–Kier alpha value is -2.00. The van der Waals surface area contributed by atoms with Crippen molar-refractivity contribution in [1.29, 1.82) is 0 Å². The average molecular weight is 385 g/mol. The van der Waals surface area contributed by atoms with Gasteiger partial charge in [-0.05, 0) is 43.0 Å². The van der Waals surface area contributed by atoms with Crippen molar-refractivity contribution in [3.05, 3.63) is 35.0 Å². The quantitative estimate of drug-likeness (QED) is 0.812. The van der Waals surface area contributed by atoms with Crippen LogP contribution in [0.3, 0.4) is 0 Å². The summed E-state index contributed by atoms with van der Waals surface area (Å²) in [6.07, 6.45) is -0.700. The number of amides is 1. The molecule has 0 saturated carbocycles. The zero-order chi connectivity index (χ0) is 18.2. The topological polar surface area (TPSA) is 89.5 Å². The lowest BCUT2D eigenvalue weighted by molar-refractivity contribution is -0.129. The lowest BCUT2D eigenvalue weighted by Gasteiger charge is -2.16. The van der Waals surface area contributed by atoms with Gasteiger partial charge in [0.05, 0.1) is 11.5 Å². The second-order valence-corrected chi connectivity index (χ2v) is 9.26. The molecule has 6 nitrogen and oxygen atoms in total. The van der Waals surface area contributed by atoms with Gasteiger partial charge in [-0.2, -0.15) is 0 Å². The summed E-state index contributed by atoms with van der Waals surface area (Å²) in [5.41, 5.74) is 0. The lowest BCUT2D eigenvalue weighted by Crippen LogP contribution is -2.42. The molecule has 1 aliphatic heterocycles. The molecule has 25 heavy (non-hydrogen) atoms. The Balaban J connectivity index is 1.62. The first-order valence-electron chi connectivity index (χ1n) is 7.64. The van der Waals surface area contributed by atoms with Gasteiger partial charge in [-0.15, -0.1) is 11.3 Å². The maximum atomic E-state index is 13.2. The third-order valence-corrected chi connectivity index (χ3v) is 6.78. The van der Waals surface area contributed by atoms with Gasteiger partial charge in [-0.3, -0.25) is 4.79 Å². The Morgan fingerprint density at radius 2 is 2.12 bits per heavy atom. The van der Waals surface area contributed by atoms with Crippen molar-refractivity contribution in [2.75, 3.05) is 11.5 Å². The first kappa shape index (κ1) is 17.8. The van der Waals surface area contributed by atoms with Crippen molar-refractivity contribution in [2.24, 2.45) is 0 Å². The molecular formula is C16H16FNO5S2. The van der Waals surface area contributed by atoms with Crippen molar-refractivity contribution in [2.45, 2.75) is 25.5 Å². The SMILES string of the molecule is C[C@@H](OC(=O)c1cc2cc(F)ccc2s1)C(=O)N[C@@H]1CCS(=O)(=O)C1. The smallest absolute Gasteiger partial charge is 0.349 e. The lowest BCUT2D eigenvalue weighted by atomic mass is 10.2. The highest BCUT2D eigenvalue weighted by atomic mass is 32.2. The Labute approximate surface area is 147 Å². The third-order valence-electron chi connectivity index (χ3n) is 3.91. The molecule has 1 amide bonds. The van der Waals surface area contributed by atoms with E-state index in [1.807, 2.05) is 0 Å². The van der Waals surface area contributed by atoms with E-state index in [-0.39, 0.29) is 16.4 Å². The maximum absolute atomic E-state index is 13.2. The molecule has 2 heterocycles. The summed E-state index contributed by atoms with van der Waals surface area (Å²) in [6, 6.07) is 5.26. The summed E-state index contributed by atoms with van der Waals surface area (Å²) in [5.74, 6) is -1.67. The number of hydrogen-bond donors (Lipinski definition) is 1. The standard InChI is InChI=1S/C16H16FNO5S2/c1-9(15(19)18-12-4-5-25(21,22)8-12)23-16(20)14-7-10-6-11(17)2-3-13(10)24-14/h2-3,6-7,9,12H,4-5,8H2,1H3,(H,18,19)/t9-,12-/m1/s1. The largest absolute Gasteiger partial charge is 0.448 e. The summed E-state index contributed by atoms with van der Waals surface area (Å²) in [6.45, 7) is 1.42. The van der Waals surface area contributed by atoms with Gasteiger partial charge in [-0.25, -0.2) is 17.6 Å². The molecular weight excluding hydrogens is 369 g/mol. The van der Waals surface area contributed by atoms with Crippen molar-refractivity contribution < 1.29 is 27.1 Å². The van der Waals surface area contributed by atoms with Gasteiger partial charge in [0, 0.05) is 10.7 Å². The molecule has 1 fully saturated rings. The number of nitrogens with one attached hydrogen (secondary N) is 1. The van der Waals surface area contributed by atoms with Crippen LogP contribution >= 0.6 is 11.3 Å². The van der Waals surface area contributed by atoms with E-state index in [4.69, 9.17) is 4.74 Å². The highest BCUT2D eigenvalue weighted by Crippen LogP contribution is 2.27. The van der Waals surface area contributed by atoms with Gasteiger partial charge in [0.15, 0.2) is 15.9 Å². The van der Waals surface area contributed by atoms with Crippen molar-refractivity contribution in [3.8, 4) is 0 Å². The van der Waals surface area contributed by atoms with Crippen LogP contribution in [0.25, 0.3) is 10.1 Å². The number of fused-ring (bicyclic) bond motifs is 1. The second-order valence-electron chi connectivity index (χ2n) is 5.95. The number of carbonyl (C=O) groups excluding carboxylic acids is 2. The normalized spacial score (nSPS) is 20.3. The minimum absolute atomic E-state index is 0.0461. The molecule has 134 valence electrons. The van der Waals surface area contributed by atoms with E-state index in [1.54, 1.807) is 6.07 Å². The number of hydrogen-bond acceptors (Lipinski definition) is 6. The maximum Gasteiger partial charge on any atom is 0.349 e. The Kier molecular flexibility index (Phi) is 4.79. The number of ether oxygens (including phenoxy) is 1. The number of thiophene rings is 1. The minimum Gasteiger partial charge on any atom is -0.448 e. The highest BCUT2D eigenvalue weighted by Gasteiger charge is 2.31. The molecule has 3 rings (SSSR count). The van der Waals surface area contributed by atoms with E-state index in [9.17, 15) is 22.4 Å². The van der Waals surface area contributed by atoms with Gasteiger partial charge in [0.25, 0.3) is 5.91 Å². The van der Waals surface area contributed by atoms with E-state index < -0.39 is 39.7 Å². The van der Waals surface area contributed by atoms with Gasteiger partial charge in [0.2, 0.25) is 0 Å². The molecule has 1 saturated heterocycles.